The first-order valence-electron chi connectivity index (χ1n) is 6.37. The third-order valence-corrected chi connectivity index (χ3v) is 3.38. The van der Waals surface area contributed by atoms with Crippen LogP contribution in [0.2, 0.25) is 0 Å². The van der Waals surface area contributed by atoms with E-state index in [1.54, 1.807) is 13.2 Å². The summed E-state index contributed by atoms with van der Waals surface area (Å²) in [5.74, 6) is 0.638. The third kappa shape index (κ3) is 3.35. The summed E-state index contributed by atoms with van der Waals surface area (Å²) in [6, 6.07) is 4.92. The number of nitrogens with zero attached hydrogens (tertiary/aromatic N) is 2. The van der Waals surface area contributed by atoms with Gasteiger partial charge in [-0.3, -0.25) is 10.1 Å². The number of anilines is 1. The monoisotopic (exact) mass is 265 g/mol. The minimum absolute atomic E-state index is 0.0764. The first-order chi connectivity index (χ1) is 9.10. The lowest BCUT2D eigenvalue weighted by molar-refractivity contribution is -0.384. The normalized spacial score (nSPS) is 20.0. The fourth-order valence-corrected chi connectivity index (χ4v) is 2.43. The maximum Gasteiger partial charge on any atom is 0.271 e. The molecule has 1 heterocycles. The van der Waals surface area contributed by atoms with E-state index in [4.69, 9.17) is 4.74 Å². The van der Waals surface area contributed by atoms with Crippen molar-refractivity contribution in [1.29, 1.82) is 0 Å². The Kier molecular flexibility index (Phi) is 4.21. The molecular weight excluding hydrogens is 246 g/mol. The minimum Gasteiger partial charge on any atom is -0.495 e. The second kappa shape index (κ2) is 5.88. The van der Waals surface area contributed by atoms with Gasteiger partial charge in [0, 0.05) is 24.7 Å². The van der Waals surface area contributed by atoms with Crippen LogP contribution in [0.1, 0.15) is 12.8 Å². The van der Waals surface area contributed by atoms with Crippen molar-refractivity contribution in [2.75, 3.05) is 32.6 Å². The number of methoxy groups -OCH3 is 1. The van der Waals surface area contributed by atoms with Gasteiger partial charge in [-0.1, -0.05) is 0 Å². The zero-order valence-electron chi connectivity index (χ0n) is 11.3. The topological polar surface area (TPSA) is 67.6 Å². The van der Waals surface area contributed by atoms with Crippen LogP contribution in [0.3, 0.4) is 0 Å². The summed E-state index contributed by atoms with van der Waals surface area (Å²) in [6.07, 6.45) is 2.20. The molecule has 0 aromatic heterocycles. The van der Waals surface area contributed by atoms with Gasteiger partial charge in [0.15, 0.2) is 0 Å². The second-order valence-corrected chi connectivity index (χ2v) is 4.89. The Hall–Kier alpha value is -1.82. The van der Waals surface area contributed by atoms with Gasteiger partial charge in [0.05, 0.1) is 17.7 Å². The molecule has 1 saturated heterocycles. The fourth-order valence-electron chi connectivity index (χ4n) is 2.43. The van der Waals surface area contributed by atoms with Crippen molar-refractivity contribution in [3.8, 4) is 5.75 Å². The number of ether oxygens (including phenoxy) is 1. The number of piperidine rings is 1. The summed E-state index contributed by atoms with van der Waals surface area (Å²) in [5, 5.41) is 14.2. The molecule has 6 heteroatoms. The molecule has 1 N–H and O–H groups in total. The zero-order chi connectivity index (χ0) is 13.8. The van der Waals surface area contributed by atoms with Crippen molar-refractivity contribution in [3.63, 3.8) is 0 Å². The van der Waals surface area contributed by atoms with Crippen LogP contribution in [0.5, 0.6) is 5.75 Å². The minimum atomic E-state index is -0.391. The van der Waals surface area contributed by atoms with Crippen LogP contribution in [-0.4, -0.2) is 43.1 Å². The van der Waals surface area contributed by atoms with Crippen molar-refractivity contribution in [1.82, 2.24) is 4.90 Å². The van der Waals surface area contributed by atoms with E-state index in [1.165, 1.54) is 12.1 Å². The zero-order valence-corrected chi connectivity index (χ0v) is 11.3. The third-order valence-electron chi connectivity index (χ3n) is 3.38. The molecule has 104 valence electrons. The van der Waals surface area contributed by atoms with Crippen molar-refractivity contribution >= 4 is 11.4 Å². The van der Waals surface area contributed by atoms with Gasteiger partial charge in [0.2, 0.25) is 0 Å². The lowest BCUT2D eigenvalue weighted by Gasteiger charge is -2.31. The molecule has 1 aromatic rings. The van der Waals surface area contributed by atoms with Crippen LogP contribution in [-0.2, 0) is 0 Å². The van der Waals surface area contributed by atoms with Crippen LogP contribution in [0, 0.1) is 10.1 Å². The van der Waals surface area contributed by atoms with Crippen molar-refractivity contribution in [2.24, 2.45) is 0 Å². The lowest BCUT2D eigenvalue weighted by atomic mass is 10.1. The van der Waals surface area contributed by atoms with Crippen LogP contribution >= 0.6 is 0 Å². The highest BCUT2D eigenvalue weighted by Gasteiger charge is 2.19. The first kappa shape index (κ1) is 13.6. The largest absolute Gasteiger partial charge is 0.495 e. The van der Waals surface area contributed by atoms with Crippen molar-refractivity contribution < 1.29 is 9.66 Å². The molecule has 2 rings (SSSR count). The van der Waals surface area contributed by atoms with E-state index in [1.807, 2.05) is 0 Å². The van der Waals surface area contributed by atoms with Crippen LogP contribution in [0.25, 0.3) is 0 Å². The number of nitro groups is 1. The Morgan fingerprint density at radius 2 is 2.32 bits per heavy atom. The summed E-state index contributed by atoms with van der Waals surface area (Å²) in [7, 11) is 3.65. The summed E-state index contributed by atoms with van der Waals surface area (Å²) in [6.45, 7) is 2.04. The Morgan fingerprint density at radius 1 is 1.53 bits per heavy atom. The number of rotatable bonds is 4. The molecule has 0 bridgehead atoms. The average molecular weight is 265 g/mol. The molecule has 0 spiro atoms. The standard InChI is InChI=1S/C13H19N3O3/c1-15-7-3-4-10(9-15)14-12-8-11(16(17)18)5-6-13(12)19-2/h5-6,8,10,14H,3-4,7,9H2,1-2H3. The molecule has 1 atom stereocenters. The van der Waals surface area contributed by atoms with Gasteiger partial charge < -0.3 is 15.0 Å². The SMILES string of the molecule is COc1ccc([N+](=O)[O-])cc1NC1CCCN(C)C1. The van der Waals surface area contributed by atoms with Crippen molar-refractivity contribution in [3.05, 3.63) is 28.3 Å². The van der Waals surface area contributed by atoms with E-state index in [0.29, 0.717) is 17.5 Å². The van der Waals surface area contributed by atoms with Gasteiger partial charge in [-0.05, 0) is 32.5 Å². The molecule has 6 nitrogen and oxygen atoms in total. The van der Waals surface area contributed by atoms with Crippen LogP contribution < -0.4 is 10.1 Å². The number of nitrogens with one attached hydrogen (secondary N) is 1. The molecule has 1 aliphatic heterocycles. The predicted molar refractivity (Wildman–Crippen MR) is 73.8 cm³/mol. The van der Waals surface area contributed by atoms with Gasteiger partial charge >= 0.3 is 0 Å². The Morgan fingerprint density at radius 3 is 2.95 bits per heavy atom. The van der Waals surface area contributed by atoms with E-state index in [9.17, 15) is 10.1 Å². The molecule has 19 heavy (non-hydrogen) atoms. The molecule has 0 saturated carbocycles. The maximum atomic E-state index is 10.8. The predicted octanol–water partition coefficient (Wildman–Crippen LogP) is 2.11. The van der Waals surface area contributed by atoms with Gasteiger partial charge in [-0.25, -0.2) is 0 Å². The first-order valence-corrected chi connectivity index (χ1v) is 6.37. The molecule has 0 radical (unpaired) electrons. The number of likely N-dealkylation sites (tertiary alicyclic amines) is 1. The molecule has 1 unspecified atom stereocenters. The second-order valence-electron chi connectivity index (χ2n) is 4.89. The fraction of sp³-hybridized carbons (Fsp3) is 0.538. The average Bonchev–Trinajstić information content (AvgIpc) is 2.38. The van der Waals surface area contributed by atoms with Crippen LogP contribution in [0.4, 0.5) is 11.4 Å². The molecule has 1 fully saturated rings. The maximum absolute atomic E-state index is 10.8. The number of hydrogen-bond acceptors (Lipinski definition) is 5. The number of likely N-dealkylation sites (N-methyl/N-ethyl adjacent to an activating group) is 1. The lowest BCUT2D eigenvalue weighted by Crippen LogP contribution is -2.39. The van der Waals surface area contributed by atoms with E-state index in [-0.39, 0.29) is 5.69 Å². The van der Waals surface area contributed by atoms with Crippen LogP contribution in [0.15, 0.2) is 18.2 Å². The van der Waals surface area contributed by atoms with Gasteiger partial charge in [-0.15, -0.1) is 0 Å². The smallest absolute Gasteiger partial charge is 0.271 e. The van der Waals surface area contributed by atoms with E-state index >= 15 is 0 Å². The Bertz CT molecular complexity index is 464. The van der Waals surface area contributed by atoms with Gasteiger partial charge in [0.1, 0.15) is 5.75 Å². The summed E-state index contributed by atoms with van der Waals surface area (Å²) in [4.78, 5) is 12.7. The van der Waals surface area contributed by atoms with Gasteiger partial charge in [0.25, 0.3) is 5.69 Å². The number of nitro benzene ring substituents is 1. The van der Waals surface area contributed by atoms with E-state index in [2.05, 4.69) is 17.3 Å². The number of hydrogen-bond donors (Lipinski definition) is 1. The summed E-state index contributed by atoms with van der Waals surface area (Å²) in [5.41, 5.74) is 0.768. The number of non-ortho nitro benzene ring substituents is 1. The quantitative estimate of drug-likeness (QED) is 0.667. The highest BCUT2D eigenvalue weighted by molar-refractivity contribution is 5.62. The molecule has 0 aliphatic carbocycles. The molecular formula is C13H19N3O3. The molecule has 1 aliphatic rings. The summed E-state index contributed by atoms with van der Waals surface area (Å²) >= 11 is 0. The van der Waals surface area contributed by atoms with E-state index in [0.717, 1.165) is 25.9 Å². The Labute approximate surface area is 112 Å². The molecule has 1 aromatic carbocycles. The summed E-state index contributed by atoms with van der Waals surface area (Å²) < 4.78 is 5.25. The number of benzene rings is 1. The van der Waals surface area contributed by atoms with E-state index < -0.39 is 4.92 Å². The van der Waals surface area contributed by atoms with Crippen molar-refractivity contribution in [2.45, 2.75) is 18.9 Å². The molecule has 0 amide bonds. The highest BCUT2D eigenvalue weighted by Crippen LogP contribution is 2.30. The highest BCUT2D eigenvalue weighted by atomic mass is 16.6. The van der Waals surface area contributed by atoms with Gasteiger partial charge in [-0.2, -0.15) is 0 Å². The Balaban J connectivity index is 2.17.